The van der Waals surface area contributed by atoms with Gasteiger partial charge in [0.05, 0.1) is 13.2 Å². The molecule has 0 N–H and O–H groups in total. The molecule has 0 bridgehead atoms. The molecule has 2 aromatic carbocycles. The van der Waals surface area contributed by atoms with Gasteiger partial charge in [-0.15, -0.1) is 0 Å². The van der Waals surface area contributed by atoms with Crippen LogP contribution >= 0.6 is 0 Å². The Morgan fingerprint density at radius 3 is 2.00 bits per heavy atom. The van der Waals surface area contributed by atoms with Crippen molar-refractivity contribution in [2.24, 2.45) is 0 Å². The highest BCUT2D eigenvalue weighted by molar-refractivity contribution is 6.09. The van der Waals surface area contributed by atoms with Gasteiger partial charge in [-0.2, -0.15) is 0 Å². The van der Waals surface area contributed by atoms with Gasteiger partial charge in [0.1, 0.15) is 18.1 Å². The number of amides is 1. The third kappa shape index (κ3) is 5.20. The molecular weight excluding hydrogens is 344 g/mol. The zero-order chi connectivity index (χ0) is 19.1. The van der Waals surface area contributed by atoms with Crippen molar-refractivity contribution < 1.29 is 27.9 Å². The molecule has 0 aliphatic carbocycles. The summed E-state index contributed by atoms with van der Waals surface area (Å²) in [5.74, 6) is -2.83. The predicted octanol–water partition coefficient (Wildman–Crippen LogP) is 3.13. The van der Waals surface area contributed by atoms with Crippen molar-refractivity contribution in [3.63, 3.8) is 0 Å². The van der Waals surface area contributed by atoms with Crippen LogP contribution in [0.4, 0.5) is 14.5 Å². The van der Waals surface area contributed by atoms with Crippen molar-refractivity contribution >= 4 is 23.3 Å². The van der Waals surface area contributed by atoms with E-state index in [1.54, 1.807) is 6.92 Å². The van der Waals surface area contributed by atoms with Gasteiger partial charge in [-0.05, 0) is 55.5 Å². The molecule has 26 heavy (non-hydrogen) atoms. The number of ketones is 1. The number of esters is 1. The van der Waals surface area contributed by atoms with Crippen molar-refractivity contribution in [3.8, 4) is 0 Å². The van der Waals surface area contributed by atoms with Crippen molar-refractivity contribution in [2.75, 3.05) is 18.1 Å². The molecule has 7 heteroatoms. The minimum atomic E-state index is -0.723. The number of ether oxygens (including phenoxy) is 1. The van der Waals surface area contributed by atoms with Crippen LogP contribution in [-0.2, 0) is 14.3 Å². The van der Waals surface area contributed by atoms with E-state index >= 15 is 0 Å². The molecule has 1 amide bonds. The van der Waals surface area contributed by atoms with E-state index in [4.69, 9.17) is 4.74 Å². The maximum absolute atomic E-state index is 13.1. The molecule has 0 saturated carbocycles. The topological polar surface area (TPSA) is 63.7 Å². The maximum Gasteiger partial charge on any atom is 0.315 e. The Morgan fingerprint density at radius 1 is 0.923 bits per heavy atom. The second kappa shape index (κ2) is 8.84. The van der Waals surface area contributed by atoms with E-state index in [-0.39, 0.29) is 24.4 Å². The van der Waals surface area contributed by atoms with Crippen LogP contribution in [0.15, 0.2) is 48.5 Å². The van der Waals surface area contributed by atoms with Crippen LogP contribution in [0.3, 0.4) is 0 Å². The van der Waals surface area contributed by atoms with Gasteiger partial charge in [0.25, 0.3) is 0 Å². The quantitative estimate of drug-likeness (QED) is 0.432. The fourth-order valence-electron chi connectivity index (χ4n) is 2.25. The molecule has 0 saturated heterocycles. The minimum Gasteiger partial charge on any atom is -0.466 e. The van der Waals surface area contributed by atoms with Gasteiger partial charge < -0.3 is 9.64 Å². The number of hydrogen-bond acceptors (Lipinski definition) is 4. The number of nitrogens with zero attached hydrogens (tertiary/aromatic N) is 1. The van der Waals surface area contributed by atoms with Crippen LogP contribution in [0.2, 0.25) is 0 Å². The summed E-state index contributed by atoms with van der Waals surface area (Å²) in [6, 6.07) is 9.82. The number of carbonyl (C=O) groups excluding carboxylic acids is 3. The molecular formula is C19H17F2NO4. The maximum atomic E-state index is 13.1. The molecule has 0 heterocycles. The summed E-state index contributed by atoms with van der Waals surface area (Å²) in [6.45, 7) is 1.35. The lowest BCUT2D eigenvalue weighted by atomic mass is 10.1. The SMILES string of the molecule is CCOC(=O)CC(=O)N(CC(=O)c1ccc(F)cc1)c1ccc(F)cc1. The van der Waals surface area contributed by atoms with E-state index < -0.39 is 35.7 Å². The summed E-state index contributed by atoms with van der Waals surface area (Å²) in [7, 11) is 0. The van der Waals surface area contributed by atoms with Crippen molar-refractivity contribution in [3.05, 3.63) is 65.7 Å². The average molecular weight is 361 g/mol. The van der Waals surface area contributed by atoms with Crippen molar-refractivity contribution in [2.45, 2.75) is 13.3 Å². The molecule has 2 rings (SSSR count). The van der Waals surface area contributed by atoms with Crippen molar-refractivity contribution in [1.82, 2.24) is 0 Å². The first-order valence-electron chi connectivity index (χ1n) is 7.91. The number of carbonyl (C=O) groups is 3. The van der Waals surface area contributed by atoms with Gasteiger partial charge in [-0.25, -0.2) is 8.78 Å². The highest BCUT2D eigenvalue weighted by Crippen LogP contribution is 2.17. The summed E-state index contributed by atoms with van der Waals surface area (Å²) < 4.78 is 30.9. The summed E-state index contributed by atoms with van der Waals surface area (Å²) in [4.78, 5) is 37.5. The Hall–Kier alpha value is -3.09. The van der Waals surface area contributed by atoms with E-state index in [1.165, 1.54) is 24.3 Å². The summed E-state index contributed by atoms with van der Waals surface area (Å²) in [6.07, 6.45) is -0.554. The zero-order valence-corrected chi connectivity index (χ0v) is 14.1. The number of Topliss-reactive ketones (excluding diaryl/α,β-unsaturated/α-hetero) is 1. The number of hydrogen-bond donors (Lipinski definition) is 0. The molecule has 5 nitrogen and oxygen atoms in total. The molecule has 136 valence electrons. The predicted molar refractivity (Wildman–Crippen MR) is 90.7 cm³/mol. The second-order valence-electron chi connectivity index (χ2n) is 5.37. The van der Waals surface area contributed by atoms with Gasteiger partial charge >= 0.3 is 5.97 Å². The molecule has 0 unspecified atom stereocenters. The van der Waals surface area contributed by atoms with E-state index in [2.05, 4.69) is 0 Å². The molecule has 0 aliphatic rings. The number of benzene rings is 2. The zero-order valence-electron chi connectivity index (χ0n) is 14.1. The van der Waals surface area contributed by atoms with Gasteiger partial charge in [0, 0.05) is 11.3 Å². The Labute approximate surface area is 149 Å². The standard InChI is InChI=1S/C19H17F2NO4/c1-2-26-19(25)11-18(24)22(16-9-7-15(21)8-10-16)12-17(23)13-3-5-14(20)6-4-13/h3-10H,2,11-12H2,1H3. The van der Waals surface area contributed by atoms with Crippen LogP contribution < -0.4 is 4.90 Å². The lowest BCUT2D eigenvalue weighted by Gasteiger charge is -2.22. The summed E-state index contributed by atoms with van der Waals surface area (Å²) in [5.41, 5.74) is 0.471. The Bertz CT molecular complexity index is 788. The normalized spacial score (nSPS) is 10.3. The first-order chi connectivity index (χ1) is 12.4. The second-order valence-corrected chi connectivity index (χ2v) is 5.37. The molecule has 0 aromatic heterocycles. The summed E-state index contributed by atoms with van der Waals surface area (Å²) in [5, 5.41) is 0. The van der Waals surface area contributed by atoms with Crippen LogP contribution in [0, 0.1) is 11.6 Å². The van der Waals surface area contributed by atoms with Gasteiger partial charge in [-0.3, -0.25) is 14.4 Å². The van der Waals surface area contributed by atoms with Gasteiger partial charge in [0.2, 0.25) is 5.91 Å². The van der Waals surface area contributed by atoms with E-state index in [9.17, 15) is 23.2 Å². The molecule has 0 aliphatic heterocycles. The van der Waals surface area contributed by atoms with Crippen LogP contribution in [0.5, 0.6) is 0 Å². The Balaban J connectivity index is 2.23. The van der Waals surface area contributed by atoms with Gasteiger partial charge in [-0.1, -0.05) is 0 Å². The Morgan fingerprint density at radius 2 is 1.46 bits per heavy atom. The number of halogens is 2. The average Bonchev–Trinajstić information content (AvgIpc) is 2.61. The smallest absolute Gasteiger partial charge is 0.315 e. The molecule has 2 aromatic rings. The molecule has 0 spiro atoms. The molecule has 0 fully saturated rings. The lowest BCUT2D eigenvalue weighted by Crippen LogP contribution is -2.37. The van der Waals surface area contributed by atoms with E-state index in [0.29, 0.717) is 0 Å². The first kappa shape index (κ1) is 19.2. The van der Waals surface area contributed by atoms with Crippen LogP contribution in [0.25, 0.3) is 0 Å². The van der Waals surface area contributed by atoms with E-state index in [1.807, 2.05) is 0 Å². The van der Waals surface area contributed by atoms with Crippen molar-refractivity contribution in [1.29, 1.82) is 0 Å². The van der Waals surface area contributed by atoms with Crippen LogP contribution in [-0.4, -0.2) is 30.8 Å². The summed E-state index contributed by atoms with van der Waals surface area (Å²) >= 11 is 0. The lowest BCUT2D eigenvalue weighted by molar-refractivity contribution is -0.145. The fourth-order valence-corrected chi connectivity index (χ4v) is 2.25. The monoisotopic (exact) mass is 361 g/mol. The largest absolute Gasteiger partial charge is 0.466 e. The third-order valence-electron chi connectivity index (χ3n) is 3.51. The minimum absolute atomic E-state index is 0.122. The number of rotatable bonds is 7. The highest BCUT2D eigenvalue weighted by Gasteiger charge is 2.23. The fraction of sp³-hybridized carbons (Fsp3) is 0.211. The van der Waals surface area contributed by atoms with Gasteiger partial charge in [0.15, 0.2) is 5.78 Å². The first-order valence-corrected chi connectivity index (χ1v) is 7.91. The van der Waals surface area contributed by atoms with Crippen LogP contribution in [0.1, 0.15) is 23.7 Å². The third-order valence-corrected chi connectivity index (χ3v) is 3.51. The Kier molecular flexibility index (Phi) is 6.54. The molecule has 0 radical (unpaired) electrons. The highest BCUT2D eigenvalue weighted by atomic mass is 19.1. The number of anilines is 1. The van der Waals surface area contributed by atoms with E-state index in [0.717, 1.165) is 29.2 Å². The molecule has 0 atom stereocenters.